The summed E-state index contributed by atoms with van der Waals surface area (Å²) in [5.74, 6) is 1.02. The van der Waals surface area contributed by atoms with E-state index in [0.717, 1.165) is 16.9 Å². The minimum absolute atomic E-state index is 0.244. The second-order valence-electron chi connectivity index (χ2n) is 4.66. The average Bonchev–Trinajstić information content (AvgIpc) is 2.37. The molecule has 2 aromatic carbocycles. The van der Waals surface area contributed by atoms with Gasteiger partial charge >= 0.3 is 0 Å². The first-order valence-electron chi connectivity index (χ1n) is 6.31. The third-order valence-electron chi connectivity index (χ3n) is 2.77. The maximum absolute atomic E-state index is 9.35. The summed E-state index contributed by atoms with van der Waals surface area (Å²) in [5, 5.41) is 18.6. The Hall–Kier alpha value is -2.00. The van der Waals surface area contributed by atoms with E-state index >= 15 is 0 Å². The van der Waals surface area contributed by atoms with Crippen LogP contribution in [0.15, 0.2) is 48.5 Å². The first kappa shape index (κ1) is 13.4. The van der Waals surface area contributed by atoms with Crippen molar-refractivity contribution in [1.82, 2.24) is 0 Å². The molecule has 100 valence electrons. The number of aromatic hydroxyl groups is 1. The van der Waals surface area contributed by atoms with Crippen molar-refractivity contribution in [2.45, 2.75) is 26.1 Å². The van der Waals surface area contributed by atoms with Crippen LogP contribution in [0.3, 0.4) is 0 Å². The molecule has 0 fully saturated rings. The quantitative estimate of drug-likeness (QED) is 0.867. The van der Waals surface area contributed by atoms with E-state index < -0.39 is 0 Å². The summed E-state index contributed by atoms with van der Waals surface area (Å²) in [6, 6.07) is 14.7. The third kappa shape index (κ3) is 4.30. The van der Waals surface area contributed by atoms with Gasteiger partial charge in [-0.05, 0) is 48.7 Å². The largest absolute Gasteiger partial charge is 0.508 e. The van der Waals surface area contributed by atoms with Gasteiger partial charge in [0, 0.05) is 0 Å². The minimum atomic E-state index is -0.334. The van der Waals surface area contributed by atoms with E-state index in [4.69, 9.17) is 4.74 Å². The number of hydrogen-bond donors (Lipinski definition) is 2. The van der Waals surface area contributed by atoms with Crippen molar-refractivity contribution in [3.8, 4) is 11.5 Å². The molecule has 0 radical (unpaired) electrons. The fraction of sp³-hybridized carbons (Fsp3) is 0.250. The Morgan fingerprint density at radius 3 is 2.42 bits per heavy atom. The van der Waals surface area contributed by atoms with E-state index in [9.17, 15) is 10.2 Å². The molecule has 0 aliphatic rings. The van der Waals surface area contributed by atoms with Crippen molar-refractivity contribution in [1.29, 1.82) is 0 Å². The fourth-order valence-corrected chi connectivity index (χ4v) is 1.88. The van der Waals surface area contributed by atoms with Gasteiger partial charge < -0.3 is 14.9 Å². The smallest absolute Gasteiger partial charge is 0.119 e. The van der Waals surface area contributed by atoms with Crippen LogP contribution in [0.1, 0.15) is 18.1 Å². The molecule has 0 saturated heterocycles. The molecular formula is C16H18O3. The zero-order valence-electron chi connectivity index (χ0n) is 10.9. The van der Waals surface area contributed by atoms with E-state index in [1.165, 1.54) is 0 Å². The summed E-state index contributed by atoms with van der Waals surface area (Å²) in [7, 11) is 0. The zero-order valence-corrected chi connectivity index (χ0v) is 10.9. The first-order chi connectivity index (χ1) is 9.13. The lowest BCUT2D eigenvalue weighted by atomic mass is 10.1. The van der Waals surface area contributed by atoms with Gasteiger partial charge in [0.15, 0.2) is 0 Å². The molecule has 2 aromatic rings. The number of hydrogen-bond acceptors (Lipinski definition) is 3. The predicted molar refractivity (Wildman–Crippen MR) is 74.3 cm³/mol. The second-order valence-corrected chi connectivity index (χ2v) is 4.66. The van der Waals surface area contributed by atoms with Crippen LogP contribution < -0.4 is 4.74 Å². The van der Waals surface area contributed by atoms with Gasteiger partial charge in [-0.15, -0.1) is 0 Å². The van der Waals surface area contributed by atoms with Gasteiger partial charge in [0.2, 0.25) is 0 Å². The summed E-state index contributed by atoms with van der Waals surface area (Å²) in [6.07, 6.45) is 0.311. The Bertz CT molecular complexity index is 518. The van der Waals surface area contributed by atoms with Crippen molar-refractivity contribution in [2.75, 3.05) is 0 Å². The molecule has 0 aliphatic heterocycles. The molecular weight excluding hydrogens is 240 g/mol. The molecule has 3 heteroatoms. The SMILES string of the molecule is CC(O)Cc1ccc(OCc2cccc(O)c2)cc1. The van der Waals surface area contributed by atoms with Gasteiger partial charge in [-0.1, -0.05) is 24.3 Å². The van der Waals surface area contributed by atoms with Crippen LogP contribution in [0.5, 0.6) is 11.5 Å². The Balaban J connectivity index is 1.93. The molecule has 19 heavy (non-hydrogen) atoms. The Morgan fingerprint density at radius 1 is 1.05 bits per heavy atom. The van der Waals surface area contributed by atoms with Gasteiger partial charge in [-0.3, -0.25) is 0 Å². The lowest BCUT2D eigenvalue weighted by Crippen LogP contribution is -2.03. The maximum Gasteiger partial charge on any atom is 0.119 e. The fourth-order valence-electron chi connectivity index (χ4n) is 1.88. The average molecular weight is 258 g/mol. The molecule has 0 aromatic heterocycles. The van der Waals surface area contributed by atoms with Crippen LogP contribution >= 0.6 is 0 Å². The van der Waals surface area contributed by atoms with E-state index in [1.807, 2.05) is 30.3 Å². The number of aliphatic hydroxyl groups excluding tert-OH is 1. The first-order valence-corrected chi connectivity index (χ1v) is 6.31. The second kappa shape index (κ2) is 6.25. The lowest BCUT2D eigenvalue weighted by Gasteiger charge is -2.08. The van der Waals surface area contributed by atoms with Gasteiger partial charge in [-0.25, -0.2) is 0 Å². The van der Waals surface area contributed by atoms with Crippen molar-refractivity contribution < 1.29 is 14.9 Å². The van der Waals surface area contributed by atoms with Gasteiger partial charge in [0.25, 0.3) is 0 Å². The summed E-state index contributed by atoms with van der Waals surface area (Å²) < 4.78 is 5.63. The number of phenols is 1. The molecule has 1 unspecified atom stereocenters. The molecule has 0 heterocycles. The van der Waals surface area contributed by atoms with Gasteiger partial charge in [-0.2, -0.15) is 0 Å². The molecule has 1 atom stereocenters. The zero-order chi connectivity index (χ0) is 13.7. The monoisotopic (exact) mass is 258 g/mol. The molecule has 0 bridgehead atoms. The van der Waals surface area contributed by atoms with Crippen LogP contribution in [0.2, 0.25) is 0 Å². The highest BCUT2D eigenvalue weighted by Gasteiger charge is 2.00. The van der Waals surface area contributed by atoms with E-state index in [1.54, 1.807) is 25.1 Å². The molecule has 2 rings (SSSR count). The van der Waals surface area contributed by atoms with Crippen molar-refractivity contribution in [3.63, 3.8) is 0 Å². The van der Waals surface area contributed by atoms with Crippen molar-refractivity contribution >= 4 is 0 Å². The molecule has 0 spiro atoms. The number of aliphatic hydroxyl groups is 1. The molecule has 0 aliphatic carbocycles. The Morgan fingerprint density at radius 2 is 1.79 bits per heavy atom. The van der Waals surface area contributed by atoms with Gasteiger partial charge in [0.05, 0.1) is 6.10 Å². The molecule has 0 amide bonds. The minimum Gasteiger partial charge on any atom is -0.508 e. The number of ether oxygens (including phenoxy) is 1. The van der Waals surface area contributed by atoms with Crippen molar-refractivity contribution in [3.05, 3.63) is 59.7 Å². The maximum atomic E-state index is 9.35. The van der Waals surface area contributed by atoms with Gasteiger partial charge in [0.1, 0.15) is 18.1 Å². The predicted octanol–water partition coefficient (Wildman–Crippen LogP) is 2.89. The highest BCUT2D eigenvalue weighted by atomic mass is 16.5. The Labute approximate surface area is 113 Å². The highest BCUT2D eigenvalue weighted by Crippen LogP contribution is 2.17. The normalized spacial score (nSPS) is 12.1. The van der Waals surface area contributed by atoms with E-state index in [-0.39, 0.29) is 11.9 Å². The van der Waals surface area contributed by atoms with Crippen molar-refractivity contribution in [2.24, 2.45) is 0 Å². The topological polar surface area (TPSA) is 49.7 Å². The summed E-state index contributed by atoms with van der Waals surface area (Å²) in [5.41, 5.74) is 2.01. The van der Waals surface area contributed by atoms with Crippen LogP contribution in [0.25, 0.3) is 0 Å². The number of benzene rings is 2. The van der Waals surface area contributed by atoms with E-state index in [0.29, 0.717) is 13.0 Å². The van der Waals surface area contributed by atoms with Crippen LogP contribution in [-0.2, 0) is 13.0 Å². The standard InChI is InChI=1S/C16H18O3/c1-12(17)9-13-5-7-16(8-6-13)19-11-14-3-2-4-15(18)10-14/h2-8,10,12,17-18H,9,11H2,1H3. The molecule has 0 saturated carbocycles. The summed E-state index contributed by atoms with van der Waals surface area (Å²) in [6.45, 7) is 2.19. The summed E-state index contributed by atoms with van der Waals surface area (Å²) in [4.78, 5) is 0. The highest BCUT2D eigenvalue weighted by molar-refractivity contribution is 5.29. The third-order valence-corrected chi connectivity index (χ3v) is 2.77. The van der Waals surface area contributed by atoms with Crippen LogP contribution in [0, 0.1) is 0 Å². The summed E-state index contributed by atoms with van der Waals surface area (Å²) >= 11 is 0. The molecule has 2 N–H and O–H groups in total. The number of rotatable bonds is 5. The number of phenolic OH excluding ortho intramolecular Hbond substituents is 1. The van der Waals surface area contributed by atoms with Crippen LogP contribution in [-0.4, -0.2) is 16.3 Å². The Kier molecular flexibility index (Phi) is 4.42. The molecule has 3 nitrogen and oxygen atoms in total. The van der Waals surface area contributed by atoms with E-state index in [2.05, 4.69) is 0 Å². The van der Waals surface area contributed by atoms with Crippen LogP contribution in [0.4, 0.5) is 0 Å². The lowest BCUT2D eigenvalue weighted by molar-refractivity contribution is 0.195.